The SMILES string of the molecule is COc1ccc(C(=O)N[C@H](Cc2ccc(OC(=O)c3ccc(OC)cc3)cc2)C(=O)O)cc1. The van der Waals surface area contributed by atoms with Crippen molar-refractivity contribution in [3.63, 3.8) is 0 Å². The predicted octanol–water partition coefficient (Wildman–Crippen LogP) is 3.35. The number of hydrogen-bond donors (Lipinski definition) is 2. The van der Waals surface area contributed by atoms with Crippen LogP contribution in [-0.4, -0.2) is 43.2 Å². The van der Waals surface area contributed by atoms with E-state index in [2.05, 4.69) is 5.32 Å². The zero-order valence-electron chi connectivity index (χ0n) is 18.1. The van der Waals surface area contributed by atoms with Gasteiger partial charge >= 0.3 is 11.9 Å². The first kappa shape index (κ1) is 23.3. The molecule has 8 heteroatoms. The molecular weight excluding hydrogens is 426 g/mol. The number of hydrogen-bond acceptors (Lipinski definition) is 6. The lowest BCUT2D eigenvalue weighted by Gasteiger charge is -2.15. The van der Waals surface area contributed by atoms with Gasteiger partial charge in [0.1, 0.15) is 23.3 Å². The molecule has 0 bridgehead atoms. The van der Waals surface area contributed by atoms with Crippen molar-refractivity contribution in [2.75, 3.05) is 14.2 Å². The van der Waals surface area contributed by atoms with Crippen LogP contribution < -0.4 is 19.5 Å². The monoisotopic (exact) mass is 449 g/mol. The second-order valence-corrected chi connectivity index (χ2v) is 7.06. The number of carbonyl (C=O) groups excluding carboxylic acids is 2. The van der Waals surface area contributed by atoms with Crippen molar-refractivity contribution < 1.29 is 33.7 Å². The van der Waals surface area contributed by atoms with Gasteiger partial charge in [0.2, 0.25) is 0 Å². The van der Waals surface area contributed by atoms with Gasteiger partial charge in [0, 0.05) is 12.0 Å². The third-order valence-electron chi connectivity index (χ3n) is 4.86. The van der Waals surface area contributed by atoms with E-state index in [-0.39, 0.29) is 6.42 Å². The lowest BCUT2D eigenvalue weighted by Crippen LogP contribution is -2.42. The van der Waals surface area contributed by atoms with E-state index in [9.17, 15) is 19.5 Å². The predicted molar refractivity (Wildman–Crippen MR) is 120 cm³/mol. The molecule has 0 aromatic heterocycles. The molecular formula is C25H23NO7. The van der Waals surface area contributed by atoms with Crippen LogP contribution in [0.4, 0.5) is 0 Å². The zero-order chi connectivity index (χ0) is 23.8. The number of carbonyl (C=O) groups is 3. The maximum Gasteiger partial charge on any atom is 0.343 e. The standard InChI is InChI=1S/C25H23NO7/c1-31-19-11-5-17(6-12-19)23(27)26-22(24(28)29)15-16-3-9-21(10-4-16)33-25(30)18-7-13-20(32-2)14-8-18/h3-14,22H,15H2,1-2H3,(H,26,27)(H,28,29)/t22-/m1/s1. The van der Waals surface area contributed by atoms with E-state index in [1.165, 1.54) is 14.2 Å². The number of amides is 1. The van der Waals surface area contributed by atoms with Crippen molar-refractivity contribution in [1.82, 2.24) is 5.32 Å². The number of aliphatic carboxylic acids is 1. The summed E-state index contributed by atoms with van der Waals surface area (Å²) in [6.07, 6.45) is 0.0595. The molecule has 0 fully saturated rings. The van der Waals surface area contributed by atoms with Crippen LogP contribution in [0.3, 0.4) is 0 Å². The number of nitrogens with one attached hydrogen (secondary N) is 1. The molecule has 0 saturated heterocycles. The summed E-state index contributed by atoms with van der Waals surface area (Å²) in [6, 6.07) is 18.2. The van der Waals surface area contributed by atoms with Gasteiger partial charge in [-0.25, -0.2) is 9.59 Å². The van der Waals surface area contributed by atoms with Gasteiger partial charge in [-0.2, -0.15) is 0 Å². The van der Waals surface area contributed by atoms with Crippen LogP contribution >= 0.6 is 0 Å². The molecule has 0 radical (unpaired) electrons. The third kappa shape index (κ3) is 6.33. The Hall–Kier alpha value is -4.33. The smallest absolute Gasteiger partial charge is 0.343 e. The fourth-order valence-electron chi connectivity index (χ4n) is 3.01. The number of ether oxygens (including phenoxy) is 3. The van der Waals surface area contributed by atoms with Crippen LogP contribution in [-0.2, 0) is 11.2 Å². The largest absolute Gasteiger partial charge is 0.497 e. The topological polar surface area (TPSA) is 111 Å². The molecule has 0 heterocycles. The Morgan fingerprint density at radius 1 is 0.758 bits per heavy atom. The van der Waals surface area contributed by atoms with Crippen molar-refractivity contribution in [2.45, 2.75) is 12.5 Å². The Balaban J connectivity index is 1.61. The Morgan fingerprint density at radius 2 is 1.24 bits per heavy atom. The van der Waals surface area contributed by atoms with E-state index >= 15 is 0 Å². The molecule has 3 aromatic carbocycles. The van der Waals surface area contributed by atoms with Crippen LogP contribution in [0.5, 0.6) is 17.2 Å². The summed E-state index contributed by atoms with van der Waals surface area (Å²) in [5, 5.41) is 12.1. The number of benzene rings is 3. The van der Waals surface area contributed by atoms with E-state index in [1.807, 2.05) is 0 Å². The molecule has 3 aromatic rings. The van der Waals surface area contributed by atoms with Gasteiger partial charge < -0.3 is 24.6 Å². The van der Waals surface area contributed by atoms with Crippen molar-refractivity contribution >= 4 is 17.8 Å². The van der Waals surface area contributed by atoms with E-state index < -0.39 is 23.9 Å². The minimum Gasteiger partial charge on any atom is -0.497 e. The fraction of sp³-hybridized carbons (Fsp3) is 0.160. The molecule has 1 atom stereocenters. The van der Waals surface area contributed by atoms with Gasteiger partial charge in [-0.3, -0.25) is 4.79 Å². The number of methoxy groups -OCH3 is 2. The average Bonchev–Trinajstić information content (AvgIpc) is 2.84. The molecule has 0 aliphatic rings. The van der Waals surface area contributed by atoms with E-state index in [0.717, 1.165) is 0 Å². The zero-order valence-corrected chi connectivity index (χ0v) is 18.1. The summed E-state index contributed by atoms with van der Waals surface area (Å²) in [5.74, 6) is -0.659. The van der Waals surface area contributed by atoms with Gasteiger partial charge in [0.05, 0.1) is 19.8 Å². The highest BCUT2D eigenvalue weighted by atomic mass is 16.5. The fourth-order valence-corrected chi connectivity index (χ4v) is 3.01. The number of rotatable bonds is 9. The maximum absolute atomic E-state index is 12.4. The highest BCUT2D eigenvalue weighted by Crippen LogP contribution is 2.18. The normalized spacial score (nSPS) is 11.2. The maximum atomic E-state index is 12.4. The van der Waals surface area contributed by atoms with E-state index in [4.69, 9.17) is 14.2 Å². The first-order chi connectivity index (χ1) is 15.9. The summed E-state index contributed by atoms with van der Waals surface area (Å²) in [7, 11) is 3.05. The summed E-state index contributed by atoms with van der Waals surface area (Å²) in [5.41, 5.74) is 1.34. The molecule has 2 N–H and O–H groups in total. The number of carboxylic acids is 1. The van der Waals surface area contributed by atoms with E-state index in [1.54, 1.807) is 72.8 Å². The quantitative estimate of drug-likeness (QED) is 0.381. The van der Waals surface area contributed by atoms with Crippen molar-refractivity contribution in [3.8, 4) is 17.2 Å². The molecule has 0 spiro atoms. The molecule has 1 amide bonds. The summed E-state index contributed by atoms with van der Waals surface area (Å²) in [6.45, 7) is 0. The van der Waals surface area contributed by atoms with Crippen LogP contribution in [0.1, 0.15) is 26.3 Å². The Labute approximate surface area is 190 Å². The summed E-state index contributed by atoms with van der Waals surface area (Å²) < 4.78 is 15.5. The van der Waals surface area contributed by atoms with Crippen LogP contribution in [0.15, 0.2) is 72.8 Å². The molecule has 8 nitrogen and oxygen atoms in total. The number of carboxylic acid groups (broad SMARTS) is 1. The third-order valence-corrected chi connectivity index (χ3v) is 4.86. The molecule has 0 aliphatic heterocycles. The van der Waals surface area contributed by atoms with Gasteiger partial charge in [-0.1, -0.05) is 12.1 Å². The van der Waals surface area contributed by atoms with Gasteiger partial charge in [-0.15, -0.1) is 0 Å². The van der Waals surface area contributed by atoms with Gasteiger partial charge in [-0.05, 0) is 66.2 Å². The van der Waals surface area contributed by atoms with Crippen molar-refractivity contribution in [1.29, 1.82) is 0 Å². The molecule has 33 heavy (non-hydrogen) atoms. The first-order valence-corrected chi connectivity index (χ1v) is 10.0. The van der Waals surface area contributed by atoms with Crippen molar-refractivity contribution in [3.05, 3.63) is 89.5 Å². The van der Waals surface area contributed by atoms with Crippen LogP contribution in [0, 0.1) is 0 Å². The highest BCUT2D eigenvalue weighted by molar-refractivity contribution is 5.96. The van der Waals surface area contributed by atoms with E-state index in [0.29, 0.717) is 33.9 Å². The first-order valence-electron chi connectivity index (χ1n) is 10.0. The Kier molecular flexibility index (Phi) is 7.64. The van der Waals surface area contributed by atoms with Crippen LogP contribution in [0.2, 0.25) is 0 Å². The molecule has 170 valence electrons. The lowest BCUT2D eigenvalue weighted by atomic mass is 10.1. The second-order valence-electron chi connectivity index (χ2n) is 7.06. The van der Waals surface area contributed by atoms with Gasteiger partial charge in [0.25, 0.3) is 5.91 Å². The summed E-state index contributed by atoms with van der Waals surface area (Å²) >= 11 is 0. The molecule has 0 unspecified atom stereocenters. The lowest BCUT2D eigenvalue weighted by molar-refractivity contribution is -0.139. The molecule has 0 aliphatic carbocycles. The minimum absolute atomic E-state index is 0.0595. The second kappa shape index (κ2) is 10.8. The molecule has 3 rings (SSSR count). The Bertz CT molecular complexity index is 1110. The highest BCUT2D eigenvalue weighted by Gasteiger charge is 2.21. The van der Waals surface area contributed by atoms with Gasteiger partial charge in [0.15, 0.2) is 0 Å². The summed E-state index contributed by atoms with van der Waals surface area (Å²) in [4.78, 5) is 36.4. The Morgan fingerprint density at radius 3 is 1.73 bits per heavy atom. The van der Waals surface area contributed by atoms with Crippen LogP contribution in [0.25, 0.3) is 0 Å². The number of esters is 1. The van der Waals surface area contributed by atoms with Crippen molar-refractivity contribution in [2.24, 2.45) is 0 Å². The minimum atomic E-state index is -1.16. The molecule has 0 saturated carbocycles. The average molecular weight is 449 g/mol.